The lowest BCUT2D eigenvalue weighted by atomic mass is 9.85. The van der Waals surface area contributed by atoms with Gasteiger partial charge in [0.1, 0.15) is 6.61 Å². The second kappa shape index (κ2) is 5.45. The van der Waals surface area contributed by atoms with Crippen LogP contribution in [0.5, 0.6) is 0 Å². The highest BCUT2D eigenvalue weighted by molar-refractivity contribution is 5.61. The lowest BCUT2D eigenvalue weighted by Crippen LogP contribution is -2.35. The van der Waals surface area contributed by atoms with Crippen molar-refractivity contribution in [3.05, 3.63) is 12.7 Å². The van der Waals surface area contributed by atoms with Crippen LogP contribution in [0.2, 0.25) is 0 Å². The Bertz CT molecular complexity index is 269. The molecule has 1 aliphatic carbocycles. The Hall–Kier alpha value is -1.43. The monoisotopic (exact) mass is 208 g/mol. The third-order valence-corrected chi connectivity index (χ3v) is 2.52. The summed E-state index contributed by atoms with van der Waals surface area (Å²) in [5.74, 6) is 2.58. The lowest BCUT2D eigenvalue weighted by Gasteiger charge is -2.31. The molecule has 0 heterocycles. The molecule has 3 heteroatoms. The van der Waals surface area contributed by atoms with Gasteiger partial charge in [0.2, 0.25) is 0 Å². The molecule has 1 saturated carbocycles. The first-order chi connectivity index (χ1) is 7.22. The topological polar surface area (TPSA) is 35.5 Å². The molecule has 0 aromatic heterocycles. The van der Waals surface area contributed by atoms with Gasteiger partial charge in [-0.2, -0.15) is 0 Å². The number of ether oxygens (including phenoxy) is 2. The smallest absolute Gasteiger partial charge is 0.430 e. The standard InChI is InChI=1S/C12H16O3/c1-3-10-14-11(13)15-12(4-2)8-6-5-7-9-12/h2-3H,1,5-10H2. The van der Waals surface area contributed by atoms with Crippen LogP contribution in [0.4, 0.5) is 4.79 Å². The van der Waals surface area contributed by atoms with Gasteiger partial charge in [-0.05, 0) is 25.7 Å². The molecule has 0 amide bonds. The molecule has 0 atom stereocenters. The summed E-state index contributed by atoms with van der Waals surface area (Å²) in [6.45, 7) is 3.60. The molecular formula is C12H16O3. The van der Waals surface area contributed by atoms with Gasteiger partial charge in [0, 0.05) is 0 Å². The van der Waals surface area contributed by atoms with E-state index in [-0.39, 0.29) is 6.61 Å². The van der Waals surface area contributed by atoms with Gasteiger partial charge in [0.05, 0.1) is 0 Å². The van der Waals surface area contributed by atoms with Gasteiger partial charge in [-0.15, -0.1) is 6.42 Å². The molecule has 0 aromatic rings. The molecule has 0 bridgehead atoms. The van der Waals surface area contributed by atoms with Crippen molar-refractivity contribution in [3.63, 3.8) is 0 Å². The number of hydrogen-bond acceptors (Lipinski definition) is 3. The molecule has 1 aliphatic rings. The van der Waals surface area contributed by atoms with Crippen molar-refractivity contribution in [2.75, 3.05) is 6.61 Å². The van der Waals surface area contributed by atoms with Crippen molar-refractivity contribution in [2.24, 2.45) is 0 Å². The highest BCUT2D eigenvalue weighted by Gasteiger charge is 2.34. The molecule has 15 heavy (non-hydrogen) atoms. The largest absolute Gasteiger partial charge is 0.510 e. The van der Waals surface area contributed by atoms with E-state index in [1.165, 1.54) is 6.08 Å². The van der Waals surface area contributed by atoms with Crippen LogP contribution in [0.3, 0.4) is 0 Å². The summed E-state index contributed by atoms with van der Waals surface area (Å²) in [6, 6.07) is 0. The van der Waals surface area contributed by atoms with Crippen LogP contribution >= 0.6 is 0 Å². The Morgan fingerprint density at radius 3 is 2.67 bits per heavy atom. The van der Waals surface area contributed by atoms with E-state index in [1.807, 2.05) is 0 Å². The van der Waals surface area contributed by atoms with E-state index in [0.717, 1.165) is 32.1 Å². The molecule has 1 fully saturated rings. The number of hydrogen-bond donors (Lipinski definition) is 0. The highest BCUT2D eigenvalue weighted by Crippen LogP contribution is 2.31. The summed E-state index contributed by atoms with van der Waals surface area (Å²) in [6.07, 6.45) is 10.8. The van der Waals surface area contributed by atoms with Crippen LogP contribution in [0.1, 0.15) is 32.1 Å². The van der Waals surface area contributed by atoms with E-state index in [9.17, 15) is 4.79 Å². The second-order valence-electron chi connectivity index (χ2n) is 3.65. The molecule has 82 valence electrons. The second-order valence-corrected chi connectivity index (χ2v) is 3.65. The predicted molar refractivity (Wildman–Crippen MR) is 57.3 cm³/mol. The van der Waals surface area contributed by atoms with Crippen LogP contribution in [-0.4, -0.2) is 18.4 Å². The average Bonchev–Trinajstić information content (AvgIpc) is 2.27. The van der Waals surface area contributed by atoms with Crippen LogP contribution in [-0.2, 0) is 9.47 Å². The zero-order chi connectivity index (χ0) is 11.1. The molecule has 0 aromatic carbocycles. The first-order valence-corrected chi connectivity index (χ1v) is 5.17. The zero-order valence-electron chi connectivity index (χ0n) is 8.83. The van der Waals surface area contributed by atoms with Crippen molar-refractivity contribution in [3.8, 4) is 12.3 Å². The Morgan fingerprint density at radius 2 is 2.13 bits per heavy atom. The minimum absolute atomic E-state index is 0.152. The molecule has 1 rings (SSSR count). The van der Waals surface area contributed by atoms with E-state index in [0.29, 0.717) is 0 Å². The summed E-state index contributed by atoms with van der Waals surface area (Å²) in [5.41, 5.74) is -0.740. The van der Waals surface area contributed by atoms with Gasteiger partial charge in [-0.1, -0.05) is 25.0 Å². The number of terminal acetylenes is 1. The molecule has 0 spiro atoms. The van der Waals surface area contributed by atoms with E-state index in [2.05, 4.69) is 12.5 Å². The molecule has 0 N–H and O–H groups in total. The third-order valence-electron chi connectivity index (χ3n) is 2.52. The molecule has 0 radical (unpaired) electrons. The van der Waals surface area contributed by atoms with Crippen molar-refractivity contribution in [1.82, 2.24) is 0 Å². The first-order valence-electron chi connectivity index (χ1n) is 5.17. The zero-order valence-corrected chi connectivity index (χ0v) is 8.83. The maximum atomic E-state index is 11.2. The molecule has 3 nitrogen and oxygen atoms in total. The number of carbonyl (C=O) groups excluding carboxylic acids is 1. The van der Waals surface area contributed by atoms with Crippen molar-refractivity contribution >= 4 is 6.16 Å². The van der Waals surface area contributed by atoms with E-state index in [4.69, 9.17) is 15.9 Å². The van der Waals surface area contributed by atoms with Gasteiger partial charge in [-0.25, -0.2) is 4.79 Å². The highest BCUT2D eigenvalue weighted by atomic mass is 16.7. The molecule has 0 unspecified atom stereocenters. The van der Waals surface area contributed by atoms with Gasteiger partial charge >= 0.3 is 6.16 Å². The molecule has 0 aliphatic heterocycles. The molecular weight excluding hydrogens is 192 g/mol. The van der Waals surface area contributed by atoms with Gasteiger partial charge in [0.25, 0.3) is 0 Å². The summed E-state index contributed by atoms with van der Waals surface area (Å²) in [5, 5.41) is 0. The lowest BCUT2D eigenvalue weighted by molar-refractivity contribution is -0.0182. The number of rotatable bonds is 3. The average molecular weight is 208 g/mol. The van der Waals surface area contributed by atoms with Crippen molar-refractivity contribution in [1.29, 1.82) is 0 Å². The van der Waals surface area contributed by atoms with E-state index < -0.39 is 11.8 Å². The fraction of sp³-hybridized carbons (Fsp3) is 0.583. The van der Waals surface area contributed by atoms with Crippen LogP contribution in [0, 0.1) is 12.3 Å². The molecule has 0 saturated heterocycles. The summed E-state index contributed by atoms with van der Waals surface area (Å²) in [4.78, 5) is 11.2. The van der Waals surface area contributed by atoms with Gasteiger partial charge in [0.15, 0.2) is 5.60 Å². The maximum absolute atomic E-state index is 11.2. The minimum atomic E-state index is -0.740. The van der Waals surface area contributed by atoms with E-state index in [1.54, 1.807) is 0 Å². The summed E-state index contributed by atoms with van der Waals surface area (Å²) in [7, 11) is 0. The van der Waals surface area contributed by atoms with Crippen LogP contribution < -0.4 is 0 Å². The Balaban J connectivity index is 2.48. The van der Waals surface area contributed by atoms with E-state index >= 15 is 0 Å². The SMILES string of the molecule is C#CC1(OC(=O)OCC=C)CCCCC1. The fourth-order valence-electron chi connectivity index (χ4n) is 1.71. The summed E-state index contributed by atoms with van der Waals surface area (Å²) >= 11 is 0. The normalized spacial score (nSPS) is 18.6. The minimum Gasteiger partial charge on any atom is -0.430 e. The van der Waals surface area contributed by atoms with Gasteiger partial charge in [-0.3, -0.25) is 0 Å². The third kappa shape index (κ3) is 3.32. The van der Waals surface area contributed by atoms with Crippen LogP contribution in [0.15, 0.2) is 12.7 Å². The number of carbonyl (C=O) groups is 1. The van der Waals surface area contributed by atoms with Gasteiger partial charge < -0.3 is 9.47 Å². The fourth-order valence-corrected chi connectivity index (χ4v) is 1.71. The first kappa shape index (κ1) is 11.6. The quantitative estimate of drug-likeness (QED) is 0.406. The predicted octanol–water partition coefficient (Wildman–Crippen LogP) is 2.66. The van der Waals surface area contributed by atoms with Crippen molar-refractivity contribution in [2.45, 2.75) is 37.7 Å². The van der Waals surface area contributed by atoms with Crippen molar-refractivity contribution < 1.29 is 14.3 Å². The maximum Gasteiger partial charge on any atom is 0.510 e. The Morgan fingerprint density at radius 1 is 1.47 bits per heavy atom. The summed E-state index contributed by atoms with van der Waals surface area (Å²) < 4.78 is 9.93. The Kier molecular flexibility index (Phi) is 4.23. The Labute approximate surface area is 90.4 Å². The van der Waals surface area contributed by atoms with Crippen LogP contribution in [0.25, 0.3) is 0 Å².